The summed E-state index contributed by atoms with van der Waals surface area (Å²) in [6.07, 6.45) is 0. The van der Waals surface area contributed by atoms with Crippen LogP contribution in [0.15, 0.2) is 58.4 Å². The topological polar surface area (TPSA) is 85.2 Å². The van der Waals surface area contributed by atoms with Crippen LogP contribution in [0.1, 0.15) is 6.92 Å². The summed E-state index contributed by atoms with van der Waals surface area (Å²) in [5.41, 5.74) is 0.801. The van der Waals surface area contributed by atoms with Crippen molar-refractivity contribution in [2.45, 2.75) is 11.8 Å². The van der Waals surface area contributed by atoms with Crippen LogP contribution in [0.2, 0.25) is 0 Å². The highest BCUT2D eigenvalue weighted by Crippen LogP contribution is 2.27. The van der Waals surface area contributed by atoms with E-state index in [-0.39, 0.29) is 22.9 Å². The van der Waals surface area contributed by atoms with E-state index in [1.807, 2.05) is 19.1 Å². The first-order valence-electron chi connectivity index (χ1n) is 9.96. The zero-order chi connectivity index (χ0) is 21.6. The lowest BCUT2D eigenvalue weighted by molar-refractivity contribution is 0.370. The minimum absolute atomic E-state index is 0.0404. The third-order valence-electron chi connectivity index (χ3n) is 4.93. The molecular formula is C21H27FN4O3S. The number of guanidine groups is 1. The Bertz CT molecular complexity index is 989. The smallest absolute Gasteiger partial charge is 0.194 e. The molecule has 9 heteroatoms. The summed E-state index contributed by atoms with van der Waals surface area (Å²) in [6.45, 7) is 5.41. The summed E-state index contributed by atoms with van der Waals surface area (Å²) >= 11 is 0. The number of nitrogens with zero attached hydrogens (tertiary/aromatic N) is 3. The van der Waals surface area contributed by atoms with Gasteiger partial charge in [-0.1, -0.05) is 24.3 Å². The fourth-order valence-corrected chi connectivity index (χ4v) is 4.60. The molecule has 0 aromatic heterocycles. The molecule has 1 fully saturated rings. The zero-order valence-corrected chi connectivity index (χ0v) is 17.8. The number of phenolic OH excluding ortho intramolecular Hbond substituents is 1. The predicted molar refractivity (Wildman–Crippen MR) is 116 cm³/mol. The Hall–Kier alpha value is -2.81. The van der Waals surface area contributed by atoms with Crippen LogP contribution >= 0.6 is 0 Å². The number of hydrogen-bond donors (Lipinski definition) is 2. The van der Waals surface area contributed by atoms with Gasteiger partial charge < -0.3 is 20.2 Å². The van der Waals surface area contributed by atoms with Gasteiger partial charge in [0.15, 0.2) is 15.8 Å². The van der Waals surface area contributed by atoms with E-state index in [1.165, 1.54) is 18.2 Å². The second kappa shape index (κ2) is 9.80. The predicted octanol–water partition coefficient (Wildman–Crippen LogP) is 2.09. The van der Waals surface area contributed by atoms with Gasteiger partial charge in [-0.3, -0.25) is 4.99 Å². The first-order valence-corrected chi connectivity index (χ1v) is 11.6. The molecule has 162 valence electrons. The second-order valence-corrected chi connectivity index (χ2v) is 9.03. The number of aromatic hydroxyl groups is 1. The Morgan fingerprint density at radius 2 is 1.77 bits per heavy atom. The van der Waals surface area contributed by atoms with Crippen molar-refractivity contribution < 1.29 is 17.9 Å². The van der Waals surface area contributed by atoms with E-state index < -0.39 is 15.7 Å². The first-order chi connectivity index (χ1) is 14.4. The maximum Gasteiger partial charge on any atom is 0.194 e. The summed E-state index contributed by atoms with van der Waals surface area (Å²) < 4.78 is 38.7. The molecule has 0 atom stereocenters. The fourth-order valence-electron chi connectivity index (χ4n) is 3.40. The van der Waals surface area contributed by atoms with Gasteiger partial charge in [0.25, 0.3) is 0 Å². The van der Waals surface area contributed by atoms with Crippen molar-refractivity contribution in [3.63, 3.8) is 0 Å². The van der Waals surface area contributed by atoms with Crippen LogP contribution in [0.4, 0.5) is 10.1 Å². The van der Waals surface area contributed by atoms with Crippen molar-refractivity contribution in [3.05, 3.63) is 54.3 Å². The van der Waals surface area contributed by atoms with Crippen LogP contribution in [0.3, 0.4) is 0 Å². The molecule has 7 nitrogen and oxygen atoms in total. The number of rotatable bonds is 6. The number of aliphatic imine (C=N–C) groups is 1. The number of para-hydroxylation sites is 2. The number of anilines is 1. The standard InChI is InChI=1S/C21H27FN4O3S/c1-2-23-21(24-11-16-30(28,29)20-10-6-3-7-17(20)22)26-14-12-25(13-15-26)18-8-4-5-9-19(18)27/h3-10,27H,2,11-16H2,1H3,(H,23,24). The minimum atomic E-state index is -3.75. The van der Waals surface area contributed by atoms with Gasteiger partial charge >= 0.3 is 0 Å². The molecule has 2 aromatic rings. The number of sulfone groups is 1. The lowest BCUT2D eigenvalue weighted by Crippen LogP contribution is -2.52. The van der Waals surface area contributed by atoms with Crippen LogP contribution in [0.5, 0.6) is 5.75 Å². The molecule has 0 amide bonds. The summed E-state index contributed by atoms with van der Waals surface area (Å²) in [6, 6.07) is 12.6. The minimum Gasteiger partial charge on any atom is -0.506 e. The van der Waals surface area contributed by atoms with Gasteiger partial charge in [-0.2, -0.15) is 0 Å². The van der Waals surface area contributed by atoms with Gasteiger partial charge in [0.2, 0.25) is 0 Å². The SMILES string of the molecule is CCNC(=NCCS(=O)(=O)c1ccccc1F)N1CCN(c2ccccc2O)CC1. The van der Waals surface area contributed by atoms with Crippen LogP contribution in [-0.2, 0) is 9.84 Å². The highest BCUT2D eigenvalue weighted by Gasteiger charge is 2.22. The molecule has 1 aliphatic heterocycles. The van der Waals surface area contributed by atoms with Crippen LogP contribution in [0, 0.1) is 5.82 Å². The average molecular weight is 435 g/mol. The van der Waals surface area contributed by atoms with Gasteiger partial charge in [0.05, 0.1) is 18.0 Å². The van der Waals surface area contributed by atoms with Crippen molar-refractivity contribution in [1.29, 1.82) is 0 Å². The number of nitrogens with one attached hydrogen (secondary N) is 1. The van der Waals surface area contributed by atoms with Crippen molar-refractivity contribution >= 4 is 21.5 Å². The Balaban J connectivity index is 1.63. The van der Waals surface area contributed by atoms with E-state index in [9.17, 15) is 17.9 Å². The number of hydrogen-bond acceptors (Lipinski definition) is 5. The normalized spacial score (nSPS) is 15.3. The third-order valence-corrected chi connectivity index (χ3v) is 6.65. The third kappa shape index (κ3) is 5.21. The molecule has 0 aliphatic carbocycles. The zero-order valence-electron chi connectivity index (χ0n) is 17.0. The molecule has 0 saturated carbocycles. The van der Waals surface area contributed by atoms with Crippen LogP contribution < -0.4 is 10.2 Å². The highest BCUT2D eigenvalue weighted by molar-refractivity contribution is 7.91. The summed E-state index contributed by atoms with van der Waals surface area (Å²) in [7, 11) is -3.75. The van der Waals surface area contributed by atoms with Crippen molar-refractivity contribution in [2.24, 2.45) is 4.99 Å². The molecule has 1 aliphatic rings. The molecule has 3 rings (SSSR count). The molecule has 0 spiro atoms. The fraction of sp³-hybridized carbons (Fsp3) is 0.381. The van der Waals surface area contributed by atoms with Gasteiger partial charge in [-0.05, 0) is 31.2 Å². The van der Waals surface area contributed by atoms with E-state index in [0.717, 1.165) is 11.8 Å². The lowest BCUT2D eigenvalue weighted by atomic mass is 10.2. The molecule has 0 bridgehead atoms. The molecule has 1 heterocycles. The summed E-state index contributed by atoms with van der Waals surface area (Å²) in [5.74, 6) is -0.113. The molecule has 0 unspecified atom stereocenters. The van der Waals surface area contributed by atoms with E-state index in [4.69, 9.17) is 0 Å². The lowest BCUT2D eigenvalue weighted by Gasteiger charge is -2.37. The van der Waals surface area contributed by atoms with E-state index in [1.54, 1.807) is 12.1 Å². The Morgan fingerprint density at radius 3 is 2.43 bits per heavy atom. The molecule has 2 N–H and O–H groups in total. The maximum absolute atomic E-state index is 13.8. The maximum atomic E-state index is 13.8. The van der Waals surface area contributed by atoms with Crippen molar-refractivity contribution in [3.8, 4) is 5.75 Å². The van der Waals surface area contributed by atoms with Crippen molar-refractivity contribution in [2.75, 3.05) is 49.9 Å². The number of halogens is 1. The monoisotopic (exact) mass is 434 g/mol. The first kappa shape index (κ1) is 21.9. The van der Waals surface area contributed by atoms with Gasteiger partial charge in [-0.25, -0.2) is 12.8 Å². The largest absolute Gasteiger partial charge is 0.506 e. The molecule has 0 radical (unpaired) electrons. The molecular weight excluding hydrogens is 407 g/mol. The van der Waals surface area contributed by atoms with E-state index >= 15 is 0 Å². The Labute approximate surface area is 176 Å². The molecule has 30 heavy (non-hydrogen) atoms. The van der Waals surface area contributed by atoms with E-state index in [2.05, 4.69) is 20.1 Å². The Kier molecular flexibility index (Phi) is 7.15. The number of piperazine rings is 1. The average Bonchev–Trinajstić information content (AvgIpc) is 2.74. The van der Waals surface area contributed by atoms with Crippen molar-refractivity contribution in [1.82, 2.24) is 10.2 Å². The number of phenols is 1. The highest BCUT2D eigenvalue weighted by atomic mass is 32.2. The second-order valence-electron chi connectivity index (χ2n) is 6.95. The summed E-state index contributed by atoms with van der Waals surface area (Å²) in [4.78, 5) is 8.34. The molecule has 2 aromatic carbocycles. The van der Waals surface area contributed by atoms with Crippen LogP contribution in [-0.4, -0.2) is 69.4 Å². The molecule has 1 saturated heterocycles. The quantitative estimate of drug-likeness (QED) is 0.535. The van der Waals surface area contributed by atoms with Gasteiger partial charge in [0, 0.05) is 32.7 Å². The van der Waals surface area contributed by atoms with Gasteiger partial charge in [-0.15, -0.1) is 0 Å². The number of benzene rings is 2. The Morgan fingerprint density at radius 1 is 1.10 bits per heavy atom. The van der Waals surface area contributed by atoms with Gasteiger partial charge in [0.1, 0.15) is 16.5 Å². The summed E-state index contributed by atoms with van der Waals surface area (Å²) in [5, 5.41) is 13.2. The van der Waals surface area contributed by atoms with Crippen LogP contribution in [0.25, 0.3) is 0 Å². The van der Waals surface area contributed by atoms with E-state index in [0.29, 0.717) is 38.7 Å².